The van der Waals surface area contributed by atoms with Crippen molar-refractivity contribution in [2.24, 2.45) is 5.92 Å². The molecule has 0 unspecified atom stereocenters. The first-order valence-electron chi connectivity index (χ1n) is 9.00. The molecule has 6 nitrogen and oxygen atoms in total. The SMILES string of the molecule is COc1cccc(N(C)C(=O)C2CCN(S(=O)(=O)c3ccc(F)cc3)CC2)c1. The van der Waals surface area contributed by atoms with Crippen LogP contribution in [0.1, 0.15) is 12.8 Å². The van der Waals surface area contributed by atoms with E-state index in [2.05, 4.69) is 0 Å². The first kappa shape index (κ1) is 20.3. The first-order valence-corrected chi connectivity index (χ1v) is 10.4. The van der Waals surface area contributed by atoms with Crippen LogP contribution < -0.4 is 9.64 Å². The molecule has 0 radical (unpaired) electrons. The van der Waals surface area contributed by atoms with Crippen LogP contribution in [0.15, 0.2) is 53.4 Å². The summed E-state index contributed by atoms with van der Waals surface area (Å²) < 4.78 is 45.0. The van der Waals surface area contributed by atoms with Crippen molar-refractivity contribution >= 4 is 21.6 Å². The van der Waals surface area contributed by atoms with Gasteiger partial charge in [0.05, 0.1) is 12.0 Å². The lowest BCUT2D eigenvalue weighted by Gasteiger charge is -2.32. The predicted octanol–water partition coefficient (Wildman–Crippen LogP) is 2.90. The average molecular weight is 406 g/mol. The third-order valence-electron chi connectivity index (χ3n) is 5.03. The lowest BCUT2D eigenvalue weighted by molar-refractivity contribution is -0.123. The summed E-state index contributed by atoms with van der Waals surface area (Å²) in [6.07, 6.45) is 0.876. The van der Waals surface area contributed by atoms with Gasteiger partial charge in [-0.15, -0.1) is 0 Å². The van der Waals surface area contributed by atoms with E-state index in [9.17, 15) is 17.6 Å². The Bertz CT molecular complexity index is 939. The van der Waals surface area contributed by atoms with Gasteiger partial charge in [-0.2, -0.15) is 4.31 Å². The summed E-state index contributed by atoms with van der Waals surface area (Å²) in [4.78, 5) is 14.5. The molecular weight excluding hydrogens is 383 g/mol. The zero-order valence-electron chi connectivity index (χ0n) is 15.8. The molecule has 1 amide bonds. The summed E-state index contributed by atoms with van der Waals surface area (Å²) in [6.45, 7) is 0.504. The minimum Gasteiger partial charge on any atom is -0.497 e. The second-order valence-corrected chi connectivity index (χ2v) is 8.67. The van der Waals surface area contributed by atoms with E-state index in [4.69, 9.17) is 4.74 Å². The topological polar surface area (TPSA) is 66.9 Å². The van der Waals surface area contributed by atoms with E-state index in [1.165, 1.54) is 16.4 Å². The fourth-order valence-corrected chi connectivity index (χ4v) is 4.79. The molecule has 3 rings (SSSR count). The van der Waals surface area contributed by atoms with Crippen molar-refractivity contribution < 1.29 is 22.3 Å². The number of hydrogen-bond acceptors (Lipinski definition) is 4. The number of benzene rings is 2. The molecule has 0 N–H and O–H groups in total. The molecule has 0 spiro atoms. The molecule has 1 aliphatic heterocycles. The summed E-state index contributed by atoms with van der Waals surface area (Å²) in [5, 5.41) is 0. The Balaban J connectivity index is 1.65. The van der Waals surface area contributed by atoms with Crippen LogP contribution in [0.4, 0.5) is 10.1 Å². The van der Waals surface area contributed by atoms with Crippen LogP contribution in [0, 0.1) is 11.7 Å². The number of amides is 1. The van der Waals surface area contributed by atoms with Crippen LogP contribution in [-0.4, -0.2) is 45.9 Å². The maximum Gasteiger partial charge on any atom is 0.243 e. The lowest BCUT2D eigenvalue weighted by atomic mass is 9.96. The van der Waals surface area contributed by atoms with Crippen LogP contribution in [0.2, 0.25) is 0 Å². The molecule has 0 aromatic heterocycles. The number of rotatable bonds is 5. The molecule has 1 heterocycles. The monoisotopic (exact) mass is 406 g/mol. The normalized spacial score (nSPS) is 16.0. The Morgan fingerprint density at radius 3 is 2.39 bits per heavy atom. The molecule has 28 heavy (non-hydrogen) atoms. The molecule has 2 aromatic rings. The second kappa shape index (κ2) is 8.28. The van der Waals surface area contributed by atoms with Crippen molar-refractivity contribution in [1.29, 1.82) is 0 Å². The van der Waals surface area contributed by atoms with Crippen LogP contribution >= 0.6 is 0 Å². The molecule has 0 saturated carbocycles. The van der Waals surface area contributed by atoms with Gasteiger partial charge in [0.25, 0.3) is 0 Å². The number of hydrogen-bond donors (Lipinski definition) is 0. The molecule has 1 saturated heterocycles. The van der Waals surface area contributed by atoms with Crippen LogP contribution in [0.25, 0.3) is 0 Å². The summed E-state index contributed by atoms with van der Waals surface area (Å²) in [5.41, 5.74) is 0.728. The molecule has 0 bridgehead atoms. The van der Waals surface area contributed by atoms with Crippen molar-refractivity contribution in [3.8, 4) is 5.75 Å². The van der Waals surface area contributed by atoms with E-state index in [0.717, 1.165) is 17.8 Å². The molecule has 8 heteroatoms. The standard InChI is InChI=1S/C20H23FN2O4S/c1-22(17-4-3-5-18(14-17)27-2)20(24)15-10-12-23(13-11-15)28(25,26)19-8-6-16(21)7-9-19/h3-9,14-15H,10-13H2,1-2H3. The van der Waals surface area contributed by atoms with Crippen LogP contribution in [-0.2, 0) is 14.8 Å². The number of sulfonamides is 1. The average Bonchev–Trinajstić information content (AvgIpc) is 2.73. The number of carbonyl (C=O) groups excluding carboxylic acids is 1. The molecule has 0 aliphatic carbocycles. The molecular formula is C20H23FN2O4S. The van der Waals surface area contributed by atoms with Crippen molar-refractivity contribution in [3.05, 3.63) is 54.3 Å². The van der Waals surface area contributed by atoms with Gasteiger partial charge in [-0.1, -0.05) is 6.07 Å². The maximum absolute atomic E-state index is 13.1. The largest absolute Gasteiger partial charge is 0.497 e. The summed E-state index contributed by atoms with van der Waals surface area (Å²) in [7, 11) is -0.409. The third-order valence-corrected chi connectivity index (χ3v) is 6.94. The zero-order chi connectivity index (χ0) is 20.3. The highest BCUT2D eigenvalue weighted by molar-refractivity contribution is 7.89. The Morgan fingerprint density at radius 2 is 1.79 bits per heavy atom. The minimum absolute atomic E-state index is 0.0490. The first-order chi connectivity index (χ1) is 13.3. The summed E-state index contributed by atoms with van der Waals surface area (Å²) in [5.74, 6) is -0.121. The second-order valence-electron chi connectivity index (χ2n) is 6.73. The number of anilines is 1. The fourth-order valence-electron chi connectivity index (χ4n) is 3.32. The highest BCUT2D eigenvalue weighted by atomic mass is 32.2. The highest BCUT2D eigenvalue weighted by Gasteiger charge is 2.33. The van der Waals surface area contributed by atoms with Gasteiger partial charge in [-0.05, 0) is 49.2 Å². The number of methoxy groups -OCH3 is 1. The number of ether oxygens (including phenoxy) is 1. The van der Waals surface area contributed by atoms with E-state index in [1.807, 2.05) is 12.1 Å². The quantitative estimate of drug-likeness (QED) is 0.766. The van der Waals surface area contributed by atoms with E-state index in [-0.39, 0.29) is 29.8 Å². The highest BCUT2D eigenvalue weighted by Crippen LogP contribution is 2.27. The van der Waals surface area contributed by atoms with E-state index >= 15 is 0 Å². The van der Waals surface area contributed by atoms with Crippen LogP contribution in [0.3, 0.4) is 0 Å². The number of piperidine rings is 1. The van der Waals surface area contributed by atoms with E-state index < -0.39 is 15.8 Å². The minimum atomic E-state index is -3.68. The van der Waals surface area contributed by atoms with Gasteiger partial charge in [0.2, 0.25) is 15.9 Å². The molecule has 1 fully saturated rings. The van der Waals surface area contributed by atoms with Gasteiger partial charge < -0.3 is 9.64 Å². The van der Waals surface area contributed by atoms with Crippen molar-refractivity contribution in [3.63, 3.8) is 0 Å². The maximum atomic E-state index is 13.1. The van der Waals surface area contributed by atoms with Crippen molar-refractivity contribution in [2.45, 2.75) is 17.7 Å². The number of nitrogens with zero attached hydrogens (tertiary/aromatic N) is 2. The van der Waals surface area contributed by atoms with E-state index in [0.29, 0.717) is 18.6 Å². The Morgan fingerprint density at radius 1 is 1.14 bits per heavy atom. The molecule has 2 aromatic carbocycles. The lowest BCUT2D eigenvalue weighted by Crippen LogP contribution is -2.43. The molecule has 0 atom stereocenters. The third kappa shape index (κ3) is 4.18. The zero-order valence-corrected chi connectivity index (χ0v) is 16.7. The van der Waals surface area contributed by atoms with Gasteiger partial charge >= 0.3 is 0 Å². The predicted molar refractivity (Wildman–Crippen MR) is 104 cm³/mol. The summed E-state index contributed by atoms with van der Waals surface area (Å²) in [6, 6.07) is 12.0. The Hall–Kier alpha value is -2.45. The van der Waals surface area contributed by atoms with Gasteiger partial charge in [0.1, 0.15) is 11.6 Å². The Kier molecular flexibility index (Phi) is 6.00. The van der Waals surface area contributed by atoms with Crippen molar-refractivity contribution in [2.75, 3.05) is 32.1 Å². The molecule has 1 aliphatic rings. The van der Waals surface area contributed by atoms with Gasteiger partial charge in [0.15, 0.2) is 0 Å². The van der Waals surface area contributed by atoms with Gasteiger partial charge in [-0.3, -0.25) is 4.79 Å². The number of halogens is 1. The van der Waals surface area contributed by atoms with Crippen LogP contribution in [0.5, 0.6) is 5.75 Å². The summed E-state index contributed by atoms with van der Waals surface area (Å²) >= 11 is 0. The molecule has 150 valence electrons. The fraction of sp³-hybridized carbons (Fsp3) is 0.350. The van der Waals surface area contributed by atoms with Gasteiger partial charge in [0, 0.05) is 37.8 Å². The Labute approximate surface area is 164 Å². The van der Waals surface area contributed by atoms with E-state index in [1.54, 1.807) is 31.2 Å². The van der Waals surface area contributed by atoms with Crippen molar-refractivity contribution in [1.82, 2.24) is 4.31 Å². The van der Waals surface area contributed by atoms with Gasteiger partial charge in [-0.25, -0.2) is 12.8 Å². The smallest absolute Gasteiger partial charge is 0.243 e. The number of carbonyl (C=O) groups is 1.